The van der Waals surface area contributed by atoms with E-state index in [-0.39, 0.29) is 33.4 Å². The second-order valence-corrected chi connectivity index (χ2v) is 24.3. The first kappa shape index (κ1) is 28.2. The van der Waals surface area contributed by atoms with Crippen LogP contribution in [0.1, 0.15) is 80.7 Å². The summed E-state index contributed by atoms with van der Waals surface area (Å²) < 4.78 is 30.0. The molecule has 2 aromatic heterocycles. The second-order valence-electron chi connectivity index (χ2n) is 14.8. The molecule has 0 aromatic carbocycles. The zero-order valence-corrected chi connectivity index (χ0v) is 27.1. The zero-order chi connectivity index (χ0) is 27.9. The summed E-state index contributed by atoms with van der Waals surface area (Å²) in [6.45, 7) is 26.3. The van der Waals surface area contributed by atoms with Crippen LogP contribution in [0.3, 0.4) is 0 Å². The van der Waals surface area contributed by atoms with E-state index in [0.717, 1.165) is 41.9 Å². The van der Waals surface area contributed by atoms with Crippen LogP contribution in [0.5, 0.6) is 0 Å². The molecular weight excluding hydrogens is 515 g/mol. The largest absolute Gasteiger partial charge is 0.407 e. The molecule has 0 unspecified atom stereocenters. The Hall–Kier alpha value is -1.38. The number of ether oxygens (including phenoxy) is 1. The van der Waals surface area contributed by atoms with Gasteiger partial charge in [0.2, 0.25) is 0 Å². The normalized spacial score (nSPS) is 28.2. The third kappa shape index (κ3) is 4.37. The van der Waals surface area contributed by atoms with Gasteiger partial charge in [-0.3, -0.25) is 0 Å². The lowest BCUT2D eigenvalue weighted by Gasteiger charge is -2.54. The molecule has 0 radical (unpaired) electrons. The first-order valence-corrected chi connectivity index (χ1v) is 18.8. The minimum atomic E-state index is -2.74. The maximum atomic E-state index is 7.25. The van der Waals surface area contributed by atoms with Crippen molar-refractivity contribution in [2.75, 3.05) is 18.5 Å². The topological polar surface area (TPSA) is 92.5 Å². The Balaban J connectivity index is 1.62. The smallest absolute Gasteiger partial charge is 0.349 e. The number of nitrogens with one attached hydrogen (secondary N) is 1. The molecule has 3 aliphatic heterocycles. The van der Waals surface area contributed by atoms with Gasteiger partial charge in [-0.2, -0.15) is 5.10 Å². The SMILES string of the molecule is CC(C)(C)[Si](C)(C)O[C@@H]1[C@@H]2O[Si](C(C)(C)C)(C(C)(C)C)OC[C@H]2O[C@H]1n1nc2c3c(ncnc31)NCCC2. The van der Waals surface area contributed by atoms with Gasteiger partial charge in [-0.15, -0.1) is 0 Å². The summed E-state index contributed by atoms with van der Waals surface area (Å²) in [4.78, 5) is 9.21. The predicted molar refractivity (Wildman–Crippen MR) is 154 cm³/mol. The molecule has 11 heteroatoms. The predicted octanol–water partition coefficient (Wildman–Crippen LogP) is 5.93. The Kier molecular flexibility index (Phi) is 6.72. The van der Waals surface area contributed by atoms with Crippen molar-refractivity contribution in [3.8, 4) is 0 Å². The number of anilines is 1. The Labute approximate surface area is 229 Å². The van der Waals surface area contributed by atoms with Gasteiger partial charge in [0.15, 0.2) is 20.2 Å². The van der Waals surface area contributed by atoms with E-state index in [2.05, 4.69) is 85.7 Å². The summed E-state index contributed by atoms with van der Waals surface area (Å²) in [6, 6.07) is 0. The molecule has 2 fully saturated rings. The summed E-state index contributed by atoms with van der Waals surface area (Å²) in [5.41, 5.74) is 1.79. The van der Waals surface area contributed by atoms with Crippen molar-refractivity contribution in [2.24, 2.45) is 0 Å². The summed E-state index contributed by atoms with van der Waals surface area (Å²) in [7, 11) is -4.94. The number of rotatable bonds is 3. The monoisotopic (exact) mass is 561 g/mol. The van der Waals surface area contributed by atoms with E-state index in [9.17, 15) is 0 Å². The first-order valence-electron chi connectivity index (χ1n) is 14.1. The molecule has 212 valence electrons. The minimum absolute atomic E-state index is 0.0286. The molecule has 0 spiro atoms. The fourth-order valence-corrected chi connectivity index (χ4v) is 12.4. The lowest BCUT2D eigenvalue weighted by atomic mass is 10.1. The maximum Gasteiger partial charge on any atom is 0.349 e. The zero-order valence-electron chi connectivity index (χ0n) is 25.1. The Morgan fingerprint density at radius 2 is 1.74 bits per heavy atom. The van der Waals surface area contributed by atoms with Crippen LogP contribution in [-0.2, 0) is 24.4 Å². The van der Waals surface area contributed by atoms with Crippen LogP contribution in [0.4, 0.5) is 5.82 Å². The van der Waals surface area contributed by atoms with E-state index in [0.29, 0.717) is 6.61 Å². The number of aromatic nitrogens is 4. The lowest BCUT2D eigenvalue weighted by molar-refractivity contribution is -0.0815. The van der Waals surface area contributed by atoms with E-state index in [1.807, 2.05) is 4.68 Å². The highest BCUT2D eigenvalue weighted by Gasteiger charge is 2.66. The quantitative estimate of drug-likeness (QED) is 0.461. The van der Waals surface area contributed by atoms with E-state index >= 15 is 0 Å². The molecule has 2 aromatic rings. The molecule has 38 heavy (non-hydrogen) atoms. The molecular formula is C27H47N5O4Si2. The van der Waals surface area contributed by atoms with Gasteiger partial charge in [0.1, 0.15) is 30.5 Å². The van der Waals surface area contributed by atoms with Crippen molar-refractivity contribution in [1.82, 2.24) is 19.7 Å². The fraction of sp³-hybridized carbons (Fsp3) is 0.815. The summed E-state index contributed by atoms with van der Waals surface area (Å²) in [6.07, 6.45) is 2.19. The Morgan fingerprint density at radius 1 is 1.05 bits per heavy atom. The van der Waals surface area contributed by atoms with Crippen LogP contribution in [0, 0.1) is 0 Å². The molecule has 4 atom stereocenters. The Morgan fingerprint density at radius 3 is 2.37 bits per heavy atom. The molecule has 0 saturated carbocycles. The van der Waals surface area contributed by atoms with E-state index < -0.39 is 23.1 Å². The first-order chi connectivity index (χ1) is 17.5. The highest BCUT2D eigenvalue weighted by atomic mass is 28.4. The van der Waals surface area contributed by atoms with Gasteiger partial charge in [-0.25, -0.2) is 14.6 Å². The molecule has 9 nitrogen and oxygen atoms in total. The van der Waals surface area contributed by atoms with Gasteiger partial charge in [0.25, 0.3) is 0 Å². The minimum Gasteiger partial charge on any atom is -0.407 e. The molecule has 0 aliphatic carbocycles. The van der Waals surface area contributed by atoms with Gasteiger partial charge in [0, 0.05) is 16.6 Å². The van der Waals surface area contributed by atoms with Crippen molar-refractivity contribution in [3.63, 3.8) is 0 Å². The van der Waals surface area contributed by atoms with Gasteiger partial charge in [-0.1, -0.05) is 62.3 Å². The van der Waals surface area contributed by atoms with Crippen molar-refractivity contribution in [3.05, 3.63) is 12.0 Å². The average molecular weight is 562 g/mol. The number of hydrogen-bond acceptors (Lipinski definition) is 8. The maximum absolute atomic E-state index is 7.25. The number of fused-ring (bicyclic) bond motifs is 1. The molecule has 1 N–H and O–H groups in total. The summed E-state index contributed by atoms with van der Waals surface area (Å²) in [5, 5.41) is 9.29. The molecule has 0 amide bonds. The van der Waals surface area contributed by atoms with E-state index in [4.69, 9.17) is 28.1 Å². The highest BCUT2D eigenvalue weighted by Crippen LogP contribution is 2.56. The highest BCUT2D eigenvalue weighted by molar-refractivity contribution is 6.74. The third-order valence-electron chi connectivity index (χ3n) is 8.94. The van der Waals surface area contributed by atoms with Crippen LogP contribution in [-0.4, -0.2) is 68.1 Å². The average Bonchev–Trinajstić information content (AvgIpc) is 3.24. The van der Waals surface area contributed by atoms with Gasteiger partial charge >= 0.3 is 8.56 Å². The van der Waals surface area contributed by atoms with Gasteiger partial charge in [-0.05, 0) is 31.0 Å². The number of hydrogen-bond donors (Lipinski definition) is 1. The molecule has 0 bridgehead atoms. The van der Waals surface area contributed by atoms with Crippen molar-refractivity contribution >= 4 is 33.7 Å². The second kappa shape index (κ2) is 9.07. The molecule has 2 saturated heterocycles. The summed E-state index contributed by atoms with van der Waals surface area (Å²) >= 11 is 0. The standard InChI is InChI=1S/C27H47N5O4Si2/c1-25(2,3)37(10,11)35-21-20-18(15-33-38(36-20,26(4,5)6)27(7,8)9)34-24(21)32-23-19-17(31-32)13-12-14-28-22(19)29-16-30-23/h16,18,20-21,24H,12-15H2,1-11H3,(H,28,29,30)/t18-,20-,21-,24-/m1/s1. The van der Waals surface area contributed by atoms with E-state index in [1.54, 1.807) is 6.33 Å². The van der Waals surface area contributed by atoms with Crippen LogP contribution < -0.4 is 5.32 Å². The number of aryl methyl sites for hydroxylation is 1. The van der Waals surface area contributed by atoms with Crippen LogP contribution in [0.2, 0.25) is 28.2 Å². The molecule has 5 heterocycles. The molecule has 3 aliphatic rings. The summed E-state index contributed by atoms with van der Waals surface area (Å²) in [5.74, 6) is 0.845. The Bertz CT molecular complexity index is 1180. The van der Waals surface area contributed by atoms with Crippen molar-refractivity contribution < 1.29 is 18.0 Å². The van der Waals surface area contributed by atoms with Crippen LogP contribution >= 0.6 is 0 Å². The molecule has 5 rings (SSSR count). The van der Waals surface area contributed by atoms with Gasteiger partial charge in [0.05, 0.1) is 17.7 Å². The van der Waals surface area contributed by atoms with Crippen LogP contribution in [0.25, 0.3) is 11.0 Å². The number of nitrogens with zero attached hydrogens (tertiary/aromatic N) is 4. The third-order valence-corrected chi connectivity index (χ3v) is 18.5. The van der Waals surface area contributed by atoms with Gasteiger partial charge < -0.3 is 23.3 Å². The van der Waals surface area contributed by atoms with Crippen molar-refractivity contribution in [2.45, 2.75) is 128 Å². The van der Waals surface area contributed by atoms with Crippen molar-refractivity contribution in [1.29, 1.82) is 0 Å². The van der Waals surface area contributed by atoms with Crippen LogP contribution in [0.15, 0.2) is 6.33 Å². The van der Waals surface area contributed by atoms with E-state index in [1.165, 1.54) is 0 Å². The lowest BCUT2D eigenvalue weighted by Crippen LogP contribution is -2.66. The fourth-order valence-electron chi connectivity index (χ4n) is 6.15.